The van der Waals surface area contributed by atoms with Crippen molar-refractivity contribution in [3.63, 3.8) is 0 Å². The number of amides is 3. The molecule has 3 amide bonds. The maximum Gasteiger partial charge on any atom is 0.268 e. The first-order valence-corrected chi connectivity index (χ1v) is 12.7. The lowest BCUT2D eigenvalue weighted by Crippen LogP contribution is -2.44. The maximum atomic E-state index is 13.1. The number of nitrogens with zero attached hydrogens (tertiary/aromatic N) is 3. The number of carbonyl (C=O) groups excluding carboxylic acids is 3. The van der Waals surface area contributed by atoms with Gasteiger partial charge in [-0.05, 0) is 60.4 Å². The van der Waals surface area contributed by atoms with Gasteiger partial charge in [0.05, 0.1) is 5.54 Å². The zero-order valence-corrected chi connectivity index (χ0v) is 21.6. The van der Waals surface area contributed by atoms with Crippen molar-refractivity contribution in [2.75, 3.05) is 26.0 Å². The Labute approximate surface area is 217 Å². The average Bonchev–Trinajstić information content (AvgIpc) is 3.54. The number of carbonyl (C=O) groups is 3. The van der Waals surface area contributed by atoms with E-state index in [1.54, 1.807) is 19.0 Å². The molecule has 0 unspecified atom stereocenters. The molecule has 8 nitrogen and oxygen atoms in total. The summed E-state index contributed by atoms with van der Waals surface area (Å²) in [5.41, 5.74) is 5.47. The first-order valence-electron chi connectivity index (χ1n) is 12.7. The van der Waals surface area contributed by atoms with Gasteiger partial charge >= 0.3 is 0 Å². The van der Waals surface area contributed by atoms with Crippen LogP contribution in [-0.2, 0) is 30.0 Å². The Morgan fingerprint density at radius 3 is 2.19 bits per heavy atom. The van der Waals surface area contributed by atoms with Crippen molar-refractivity contribution in [2.24, 2.45) is 0 Å². The van der Waals surface area contributed by atoms with Gasteiger partial charge in [-0.15, -0.1) is 0 Å². The van der Waals surface area contributed by atoms with E-state index in [-0.39, 0.29) is 23.3 Å². The summed E-state index contributed by atoms with van der Waals surface area (Å²) in [6, 6.07) is 19.4. The van der Waals surface area contributed by atoms with Crippen molar-refractivity contribution in [3.8, 4) is 0 Å². The van der Waals surface area contributed by atoms with Gasteiger partial charge in [0, 0.05) is 64.1 Å². The van der Waals surface area contributed by atoms with Crippen molar-refractivity contribution >= 4 is 23.4 Å². The van der Waals surface area contributed by atoms with Crippen LogP contribution in [0.5, 0.6) is 0 Å². The number of hydrogen-bond acceptors (Lipinski definition) is 4. The summed E-state index contributed by atoms with van der Waals surface area (Å²) in [5, 5.41) is 5.79. The Bertz CT molecular complexity index is 1320. The number of fused-ring (bicyclic) bond motifs is 2. The van der Waals surface area contributed by atoms with Crippen LogP contribution in [0.2, 0.25) is 0 Å². The van der Waals surface area contributed by atoms with Gasteiger partial charge in [0.1, 0.15) is 5.69 Å². The third-order valence-corrected chi connectivity index (χ3v) is 7.32. The highest BCUT2D eigenvalue weighted by Gasteiger charge is 2.53. The van der Waals surface area contributed by atoms with Crippen LogP contribution in [0.1, 0.15) is 57.4 Å². The Morgan fingerprint density at radius 1 is 0.892 bits per heavy atom. The van der Waals surface area contributed by atoms with E-state index in [1.807, 2.05) is 54.6 Å². The Morgan fingerprint density at radius 2 is 1.57 bits per heavy atom. The van der Waals surface area contributed by atoms with Gasteiger partial charge in [0.2, 0.25) is 5.91 Å². The molecule has 0 saturated heterocycles. The fourth-order valence-electron chi connectivity index (χ4n) is 5.24. The average molecular weight is 500 g/mol. The van der Waals surface area contributed by atoms with Gasteiger partial charge in [0.15, 0.2) is 0 Å². The largest absolute Gasteiger partial charge is 0.347 e. The summed E-state index contributed by atoms with van der Waals surface area (Å²) in [6.45, 7) is 4.34. The minimum Gasteiger partial charge on any atom is -0.347 e. The predicted octanol–water partition coefficient (Wildman–Crippen LogP) is 3.58. The molecule has 1 aliphatic carbocycles. The molecule has 192 valence electrons. The molecule has 2 heterocycles. The normalized spacial score (nSPS) is 15.6. The number of anilines is 1. The van der Waals surface area contributed by atoms with Gasteiger partial charge in [-0.2, -0.15) is 0 Å². The molecule has 37 heavy (non-hydrogen) atoms. The molecule has 2 aromatic carbocycles. The van der Waals surface area contributed by atoms with Crippen LogP contribution < -0.4 is 10.6 Å². The highest BCUT2D eigenvalue weighted by Crippen LogP contribution is 2.53. The third-order valence-electron chi connectivity index (χ3n) is 7.32. The highest BCUT2D eigenvalue weighted by molar-refractivity contribution is 5.94. The second-order valence-electron chi connectivity index (χ2n) is 10.2. The summed E-state index contributed by atoms with van der Waals surface area (Å²) < 4.78 is 2.18. The molecule has 1 fully saturated rings. The first-order chi connectivity index (χ1) is 17.8. The lowest BCUT2D eigenvalue weighted by molar-refractivity contribution is -0.114. The van der Waals surface area contributed by atoms with E-state index in [2.05, 4.69) is 26.2 Å². The number of hydrogen-bond donors (Lipinski definition) is 2. The molecule has 0 bridgehead atoms. The molecule has 0 atom stereocenters. The topological polar surface area (TPSA) is 86.7 Å². The van der Waals surface area contributed by atoms with Gasteiger partial charge in [-0.3, -0.25) is 19.3 Å². The van der Waals surface area contributed by atoms with Crippen LogP contribution in [0.15, 0.2) is 60.7 Å². The number of rotatable bonds is 7. The number of aromatic nitrogens is 1. The van der Waals surface area contributed by atoms with Crippen LogP contribution in [0, 0.1) is 0 Å². The van der Waals surface area contributed by atoms with Crippen LogP contribution in [0.3, 0.4) is 0 Å². The minimum atomic E-state index is -0.111. The molecule has 2 N–H and O–H groups in total. The Hall–Kier alpha value is -3.91. The van der Waals surface area contributed by atoms with Gasteiger partial charge in [0.25, 0.3) is 11.8 Å². The van der Waals surface area contributed by atoms with Gasteiger partial charge < -0.3 is 20.1 Å². The van der Waals surface area contributed by atoms with Crippen molar-refractivity contribution < 1.29 is 14.4 Å². The van der Waals surface area contributed by atoms with E-state index in [4.69, 9.17) is 0 Å². The molecule has 1 aromatic heterocycles. The van der Waals surface area contributed by atoms with E-state index < -0.39 is 0 Å². The highest BCUT2D eigenvalue weighted by atomic mass is 16.2. The fourth-order valence-corrected chi connectivity index (χ4v) is 5.24. The molecule has 2 aliphatic rings. The van der Waals surface area contributed by atoms with Gasteiger partial charge in [-0.1, -0.05) is 24.3 Å². The Kier molecular flexibility index (Phi) is 6.60. The zero-order chi connectivity index (χ0) is 26.2. The SMILES string of the molecule is CC(=O)Nc1ccc(CNC(=O)c2ccc3n2CCN(Cc2ccc(C(=O)N(C)C)cc2)C32CC2)cc1. The quantitative estimate of drug-likeness (QED) is 0.520. The summed E-state index contributed by atoms with van der Waals surface area (Å²) in [5.74, 6) is -0.183. The van der Waals surface area contributed by atoms with E-state index in [9.17, 15) is 14.4 Å². The molecule has 3 aromatic rings. The minimum absolute atomic E-state index is 0.00817. The van der Waals surface area contributed by atoms with Gasteiger partial charge in [-0.25, -0.2) is 0 Å². The zero-order valence-electron chi connectivity index (χ0n) is 21.6. The van der Waals surface area contributed by atoms with Crippen molar-refractivity contribution in [2.45, 2.75) is 44.9 Å². The van der Waals surface area contributed by atoms with Crippen LogP contribution >= 0.6 is 0 Å². The summed E-state index contributed by atoms with van der Waals surface area (Å²) in [4.78, 5) is 40.6. The van der Waals surface area contributed by atoms with Crippen LogP contribution in [0.25, 0.3) is 0 Å². The lowest BCUT2D eigenvalue weighted by Gasteiger charge is -2.38. The standard InChI is InChI=1S/C29H33N5O3/c1-20(35)31-24-10-6-21(7-11-24)18-30-27(36)25-12-13-26-29(14-15-29)33(16-17-34(25)26)19-22-4-8-23(9-5-22)28(37)32(2)3/h4-13H,14-19H2,1-3H3,(H,30,36)(H,31,35). The second kappa shape index (κ2) is 9.86. The van der Waals surface area contributed by atoms with Crippen molar-refractivity contribution in [1.29, 1.82) is 0 Å². The molecule has 1 saturated carbocycles. The Balaban J connectivity index is 1.24. The smallest absolute Gasteiger partial charge is 0.268 e. The van der Waals surface area contributed by atoms with E-state index in [1.165, 1.54) is 18.2 Å². The maximum absolute atomic E-state index is 13.1. The fraction of sp³-hybridized carbons (Fsp3) is 0.345. The molecule has 1 spiro atoms. The van der Waals surface area contributed by atoms with Crippen molar-refractivity contribution in [1.82, 2.24) is 19.7 Å². The molecule has 0 radical (unpaired) electrons. The van der Waals surface area contributed by atoms with E-state index in [0.717, 1.165) is 43.7 Å². The second-order valence-corrected chi connectivity index (χ2v) is 10.2. The lowest BCUT2D eigenvalue weighted by atomic mass is 10.0. The number of benzene rings is 2. The first kappa shape index (κ1) is 24.8. The van der Waals surface area contributed by atoms with E-state index >= 15 is 0 Å². The summed E-state index contributed by atoms with van der Waals surface area (Å²) in [7, 11) is 3.52. The molecule has 8 heteroatoms. The molecule has 5 rings (SSSR count). The van der Waals surface area contributed by atoms with Crippen LogP contribution in [0.4, 0.5) is 5.69 Å². The van der Waals surface area contributed by atoms with Crippen LogP contribution in [-0.4, -0.2) is 52.7 Å². The van der Waals surface area contributed by atoms with Crippen molar-refractivity contribution in [3.05, 3.63) is 88.7 Å². The summed E-state index contributed by atoms with van der Waals surface area (Å²) in [6.07, 6.45) is 2.16. The molecular formula is C29H33N5O3. The molecule has 1 aliphatic heterocycles. The third kappa shape index (κ3) is 5.02. The van der Waals surface area contributed by atoms with E-state index in [0.29, 0.717) is 17.8 Å². The monoisotopic (exact) mass is 499 g/mol. The molecular weight excluding hydrogens is 466 g/mol. The number of nitrogens with one attached hydrogen (secondary N) is 2. The predicted molar refractivity (Wildman–Crippen MR) is 142 cm³/mol. The summed E-state index contributed by atoms with van der Waals surface area (Å²) >= 11 is 0.